The molecule has 0 aromatic carbocycles. The van der Waals surface area contributed by atoms with Crippen molar-refractivity contribution in [3.63, 3.8) is 0 Å². The molecule has 2 aromatic rings. The molecule has 1 aliphatic heterocycles. The Morgan fingerprint density at radius 2 is 2.25 bits per heavy atom. The summed E-state index contributed by atoms with van der Waals surface area (Å²) in [6, 6.07) is 0. The Labute approximate surface area is 117 Å². The summed E-state index contributed by atoms with van der Waals surface area (Å²) >= 11 is 0. The Morgan fingerprint density at radius 1 is 1.40 bits per heavy atom. The maximum atomic E-state index is 12.2. The SMILES string of the molecule is O=C(CCn1cnnc1)N1CCC[C@H](c2ncc[nH]2)C1. The van der Waals surface area contributed by atoms with Gasteiger partial charge in [-0.2, -0.15) is 0 Å². The molecule has 2 aromatic heterocycles. The Kier molecular flexibility index (Phi) is 3.76. The summed E-state index contributed by atoms with van der Waals surface area (Å²) in [5, 5.41) is 7.47. The van der Waals surface area contributed by atoms with E-state index >= 15 is 0 Å². The zero-order valence-corrected chi connectivity index (χ0v) is 11.3. The normalized spacial score (nSPS) is 19.2. The first-order chi connectivity index (χ1) is 9.83. The molecule has 0 radical (unpaired) electrons. The molecule has 1 N–H and O–H groups in total. The number of rotatable bonds is 4. The van der Waals surface area contributed by atoms with Crippen molar-refractivity contribution in [1.82, 2.24) is 29.6 Å². The summed E-state index contributed by atoms with van der Waals surface area (Å²) in [6.07, 6.45) is 9.48. The molecular formula is C13H18N6O. The van der Waals surface area contributed by atoms with Gasteiger partial charge in [0.05, 0.1) is 0 Å². The van der Waals surface area contributed by atoms with Gasteiger partial charge in [0.2, 0.25) is 5.91 Å². The number of nitrogens with zero attached hydrogens (tertiary/aromatic N) is 5. The zero-order valence-electron chi connectivity index (χ0n) is 11.3. The number of aromatic nitrogens is 5. The lowest BCUT2D eigenvalue weighted by Gasteiger charge is -2.32. The van der Waals surface area contributed by atoms with Gasteiger partial charge in [0.1, 0.15) is 18.5 Å². The number of piperidine rings is 1. The van der Waals surface area contributed by atoms with Gasteiger partial charge in [0, 0.05) is 44.4 Å². The van der Waals surface area contributed by atoms with E-state index in [4.69, 9.17) is 0 Å². The van der Waals surface area contributed by atoms with Crippen LogP contribution in [0.25, 0.3) is 0 Å². The number of amides is 1. The van der Waals surface area contributed by atoms with Crippen LogP contribution in [-0.2, 0) is 11.3 Å². The average Bonchev–Trinajstić information content (AvgIpc) is 3.18. The second-order valence-electron chi connectivity index (χ2n) is 5.10. The van der Waals surface area contributed by atoms with Crippen LogP contribution in [-0.4, -0.2) is 48.6 Å². The molecule has 1 fully saturated rings. The number of likely N-dealkylation sites (tertiary alicyclic amines) is 1. The van der Waals surface area contributed by atoms with Crippen LogP contribution in [0.15, 0.2) is 25.0 Å². The van der Waals surface area contributed by atoms with Crippen LogP contribution in [0.3, 0.4) is 0 Å². The maximum absolute atomic E-state index is 12.2. The summed E-state index contributed by atoms with van der Waals surface area (Å²) in [5.41, 5.74) is 0. The van der Waals surface area contributed by atoms with Gasteiger partial charge in [-0.1, -0.05) is 0 Å². The van der Waals surface area contributed by atoms with Gasteiger partial charge in [0.25, 0.3) is 0 Å². The van der Waals surface area contributed by atoms with Gasteiger partial charge in [-0.3, -0.25) is 4.79 Å². The quantitative estimate of drug-likeness (QED) is 0.894. The third-order valence-corrected chi connectivity index (χ3v) is 3.73. The number of aryl methyl sites for hydroxylation is 1. The predicted molar refractivity (Wildman–Crippen MR) is 71.8 cm³/mol. The highest BCUT2D eigenvalue weighted by molar-refractivity contribution is 5.76. The summed E-state index contributed by atoms with van der Waals surface area (Å²) in [6.45, 7) is 2.24. The Balaban J connectivity index is 1.55. The van der Waals surface area contributed by atoms with Crippen LogP contribution in [0.5, 0.6) is 0 Å². The van der Waals surface area contributed by atoms with E-state index in [1.165, 1.54) is 0 Å². The fraction of sp³-hybridized carbons (Fsp3) is 0.538. The Bertz CT molecular complexity index is 535. The number of hydrogen-bond acceptors (Lipinski definition) is 4. The molecule has 3 rings (SSSR count). The fourth-order valence-corrected chi connectivity index (χ4v) is 2.65. The van der Waals surface area contributed by atoms with Crippen molar-refractivity contribution in [3.8, 4) is 0 Å². The molecule has 20 heavy (non-hydrogen) atoms. The lowest BCUT2D eigenvalue weighted by Crippen LogP contribution is -2.39. The Hall–Kier alpha value is -2.18. The molecule has 1 atom stereocenters. The van der Waals surface area contributed by atoms with Crippen LogP contribution >= 0.6 is 0 Å². The van der Waals surface area contributed by atoms with E-state index in [1.54, 1.807) is 18.9 Å². The first-order valence-electron chi connectivity index (χ1n) is 6.92. The molecule has 7 nitrogen and oxygen atoms in total. The number of H-pyrrole nitrogens is 1. The van der Waals surface area contributed by atoms with Gasteiger partial charge in [-0.15, -0.1) is 10.2 Å². The number of hydrogen-bond donors (Lipinski definition) is 1. The van der Waals surface area contributed by atoms with Crippen LogP contribution in [0.2, 0.25) is 0 Å². The number of carbonyl (C=O) groups excluding carboxylic acids is 1. The summed E-state index contributed by atoms with van der Waals surface area (Å²) in [5.74, 6) is 1.51. The third kappa shape index (κ3) is 2.87. The number of aromatic amines is 1. The molecule has 106 valence electrons. The summed E-state index contributed by atoms with van der Waals surface area (Å²) in [4.78, 5) is 21.7. The summed E-state index contributed by atoms with van der Waals surface area (Å²) in [7, 11) is 0. The maximum Gasteiger partial charge on any atom is 0.224 e. The van der Waals surface area contributed by atoms with Gasteiger partial charge >= 0.3 is 0 Å². The van der Waals surface area contributed by atoms with Gasteiger partial charge in [-0.05, 0) is 12.8 Å². The fourth-order valence-electron chi connectivity index (χ4n) is 2.65. The lowest BCUT2D eigenvalue weighted by molar-refractivity contribution is -0.132. The van der Waals surface area contributed by atoms with Crippen LogP contribution in [0.1, 0.15) is 31.0 Å². The molecule has 1 saturated heterocycles. The zero-order chi connectivity index (χ0) is 13.8. The van der Waals surface area contributed by atoms with Gasteiger partial charge in [-0.25, -0.2) is 4.98 Å². The first kappa shape index (κ1) is 12.8. The topological polar surface area (TPSA) is 79.7 Å². The second-order valence-corrected chi connectivity index (χ2v) is 5.10. The number of carbonyl (C=O) groups is 1. The predicted octanol–water partition coefficient (Wildman–Crippen LogP) is 0.797. The van der Waals surface area contributed by atoms with Crippen molar-refractivity contribution in [2.24, 2.45) is 0 Å². The molecular weight excluding hydrogens is 256 g/mol. The standard InChI is InChI=1S/C13H18N6O/c20-12(3-7-18-9-16-17-10-18)19-6-1-2-11(8-19)13-14-4-5-15-13/h4-5,9-11H,1-3,6-8H2,(H,14,15)/t11-/m0/s1. The average molecular weight is 274 g/mol. The molecule has 1 amide bonds. The first-order valence-corrected chi connectivity index (χ1v) is 6.92. The van der Waals surface area contributed by atoms with E-state index in [0.29, 0.717) is 18.9 Å². The smallest absolute Gasteiger partial charge is 0.224 e. The number of nitrogens with one attached hydrogen (secondary N) is 1. The van der Waals surface area contributed by atoms with E-state index in [1.807, 2.05) is 15.7 Å². The molecule has 3 heterocycles. The largest absolute Gasteiger partial charge is 0.348 e. The van der Waals surface area contributed by atoms with E-state index in [9.17, 15) is 4.79 Å². The van der Waals surface area contributed by atoms with Crippen molar-refractivity contribution < 1.29 is 4.79 Å². The van der Waals surface area contributed by atoms with E-state index in [-0.39, 0.29) is 5.91 Å². The highest BCUT2D eigenvalue weighted by atomic mass is 16.2. The van der Waals surface area contributed by atoms with Crippen molar-refractivity contribution in [2.75, 3.05) is 13.1 Å². The number of imidazole rings is 1. The summed E-state index contributed by atoms with van der Waals surface area (Å²) < 4.78 is 1.83. The van der Waals surface area contributed by atoms with Crippen molar-refractivity contribution in [1.29, 1.82) is 0 Å². The van der Waals surface area contributed by atoms with E-state index < -0.39 is 0 Å². The molecule has 0 aliphatic carbocycles. The van der Waals surface area contributed by atoms with E-state index in [2.05, 4.69) is 20.2 Å². The highest BCUT2D eigenvalue weighted by Gasteiger charge is 2.25. The Morgan fingerprint density at radius 3 is 3.00 bits per heavy atom. The molecule has 0 saturated carbocycles. The molecule has 0 unspecified atom stereocenters. The van der Waals surface area contributed by atoms with Crippen LogP contribution in [0.4, 0.5) is 0 Å². The van der Waals surface area contributed by atoms with Crippen molar-refractivity contribution >= 4 is 5.91 Å². The van der Waals surface area contributed by atoms with E-state index in [0.717, 1.165) is 31.8 Å². The minimum absolute atomic E-state index is 0.190. The molecule has 1 aliphatic rings. The van der Waals surface area contributed by atoms with Crippen LogP contribution < -0.4 is 0 Å². The minimum atomic E-state index is 0.190. The molecule has 0 spiro atoms. The van der Waals surface area contributed by atoms with Gasteiger partial charge in [0.15, 0.2) is 0 Å². The monoisotopic (exact) mass is 274 g/mol. The highest BCUT2D eigenvalue weighted by Crippen LogP contribution is 2.24. The molecule has 7 heteroatoms. The lowest BCUT2D eigenvalue weighted by atomic mass is 9.97. The molecule has 0 bridgehead atoms. The van der Waals surface area contributed by atoms with Crippen molar-refractivity contribution in [3.05, 3.63) is 30.9 Å². The third-order valence-electron chi connectivity index (χ3n) is 3.73. The van der Waals surface area contributed by atoms with Crippen LogP contribution in [0, 0.1) is 0 Å². The van der Waals surface area contributed by atoms with Crippen molar-refractivity contribution in [2.45, 2.75) is 31.7 Å². The van der Waals surface area contributed by atoms with Gasteiger partial charge < -0.3 is 14.5 Å². The second kappa shape index (κ2) is 5.85. The minimum Gasteiger partial charge on any atom is -0.348 e.